The molecule has 23 heavy (non-hydrogen) atoms. The second kappa shape index (κ2) is 14.6. The second-order valence-electron chi connectivity index (χ2n) is 5.95. The normalized spacial score (nSPS) is 17.7. The minimum atomic E-state index is 0. The van der Waals surface area contributed by atoms with E-state index in [1.54, 1.807) is 0 Å². The van der Waals surface area contributed by atoms with Gasteiger partial charge in [-0.05, 0) is 31.3 Å². The van der Waals surface area contributed by atoms with Crippen LogP contribution >= 0.6 is 35.7 Å². The molecule has 5 nitrogen and oxygen atoms in total. The van der Waals surface area contributed by atoms with Crippen molar-refractivity contribution in [3.8, 4) is 0 Å². The molecule has 0 bridgehead atoms. The number of rotatable bonds is 9. The molecule has 0 spiro atoms. The van der Waals surface area contributed by atoms with E-state index in [4.69, 9.17) is 9.73 Å². The van der Waals surface area contributed by atoms with E-state index in [1.807, 2.05) is 11.8 Å². The molecule has 7 heteroatoms. The summed E-state index contributed by atoms with van der Waals surface area (Å²) in [5, 5.41) is 6.78. The van der Waals surface area contributed by atoms with E-state index in [0.29, 0.717) is 12.0 Å². The van der Waals surface area contributed by atoms with Crippen molar-refractivity contribution in [2.45, 2.75) is 33.2 Å². The van der Waals surface area contributed by atoms with E-state index in [2.05, 4.69) is 42.6 Å². The second-order valence-corrected chi connectivity index (χ2v) is 6.94. The van der Waals surface area contributed by atoms with Gasteiger partial charge in [0.2, 0.25) is 0 Å². The van der Waals surface area contributed by atoms with E-state index in [1.165, 1.54) is 12.2 Å². The van der Waals surface area contributed by atoms with Crippen LogP contribution in [0, 0.1) is 5.92 Å². The predicted octanol–water partition coefficient (Wildman–Crippen LogP) is 2.27. The van der Waals surface area contributed by atoms with Crippen molar-refractivity contribution >= 4 is 41.7 Å². The number of nitrogens with zero attached hydrogens (tertiary/aromatic N) is 2. The topological polar surface area (TPSA) is 48.9 Å². The number of nitrogens with one attached hydrogen (secondary N) is 2. The lowest BCUT2D eigenvalue weighted by Crippen LogP contribution is -2.48. The quantitative estimate of drug-likeness (QED) is 0.240. The number of guanidine groups is 1. The van der Waals surface area contributed by atoms with Crippen molar-refractivity contribution in [3.63, 3.8) is 0 Å². The summed E-state index contributed by atoms with van der Waals surface area (Å²) >= 11 is 1.89. The Bertz CT molecular complexity index is 312. The van der Waals surface area contributed by atoms with Crippen molar-refractivity contribution in [2.24, 2.45) is 10.9 Å². The van der Waals surface area contributed by atoms with E-state index >= 15 is 0 Å². The number of hydrogen-bond donors (Lipinski definition) is 2. The van der Waals surface area contributed by atoms with Gasteiger partial charge in [0.25, 0.3) is 0 Å². The summed E-state index contributed by atoms with van der Waals surface area (Å²) in [7, 11) is 0. The van der Waals surface area contributed by atoms with E-state index in [-0.39, 0.29) is 24.0 Å². The Hall–Kier alpha value is 0.270. The van der Waals surface area contributed by atoms with Gasteiger partial charge in [-0.25, -0.2) is 0 Å². The first-order chi connectivity index (χ1) is 10.7. The van der Waals surface area contributed by atoms with Gasteiger partial charge in [0.15, 0.2) is 5.96 Å². The molecule has 1 rings (SSSR count). The summed E-state index contributed by atoms with van der Waals surface area (Å²) < 4.78 is 5.47. The summed E-state index contributed by atoms with van der Waals surface area (Å²) in [6, 6.07) is 0.491. The molecular formula is C16H35IN4OS. The lowest BCUT2D eigenvalue weighted by molar-refractivity contribution is 0.00867. The largest absolute Gasteiger partial charge is 0.379 e. The molecule has 138 valence electrons. The molecule has 0 aromatic carbocycles. The van der Waals surface area contributed by atoms with Gasteiger partial charge in [0, 0.05) is 32.2 Å². The average molecular weight is 458 g/mol. The van der Waals surface area contributed by atoms with Crippen molar-refractivity contribution < 1.29 is 4.74 Å². The summed E-state index contributed by atoms with van der Waals surface area (Å²) in [5.41, 5.74) is 0. The molecule has 0 aromatic heterocycles. The zero-order valence-electron chi connectivity index (χ0n) is 15.1. The molecule has 1 atom stereocenters. The highest BCUT2D eigenvalue weighted by molar-refractivity contribution is 14.0. The van der Waals surface area contributed by atoms with Crippen LogP contribution in [-0.4, -0.2) is 74.8 Å². The molecule has 0 aromatic rings. The Morgan fingerprint density at radius 1 is 1.26 bits per heavy atom. The Balaban J connectivity index is 0.00000484. The highest BCUT2D eigenvalue weighted by atomic mass is 127. The summed E-state index contributed by atoms with van der Waals surface area (Å²) in [6.45, 7) is 13.2. The number of halogens is 1. The van der Waals surface area contributed by atoms with Crippen LogP contribution in [0.25, 0.3) is 0 Å². The maximum Gasteiger partial charge on any atom is 0.191 e. The van der Waals surface area contributed by atoms with Gasteiger partial charge >= 0.3 is 0 Å². The first-order valence-corrected chi connectivity index (χ1v) is 9.91. The summed E-state index contributed by atoms with van der Waals surface area (Å²) in [4.78, 5) is 7.34. The number of hydrogen-bond acceptors (Lipinski definition) is 4. The fourth-order valence-corrected chi connectivity index (χ4v) is 3.04. The van der Waals surface area contributed by atoms with Crippen molar-refractivity contribution in [3.05, 3.63) is 0 Å². The molecular weight excluding hydrogens is 423 g/mol. The third-order valence-corrected chi connectivity index (χ3v) is 4.58. The minimum Gasteiger partial charge on any atom is -0.379 e. The van der Waals surface area contributed by atoms with Crippen LogP contribution in [0.3, 0.4) is 0 Å². The van der Waals surface area contributed by atoms with Gasteiger partial charge in [0.1, 0.15) is 0 Å². The number of thioether (sulfide) groups is 1. The van der Waals surface area contributed by atoms with Gasteiger partial charge in [-0.3, -0.25) is 9.89 Å². The van der Waals surface area contributed by atoms with E-state index in [0.717, 1.165) is 51.9 Å². The van der Waals surface area contributed by atoms with E-state index < -0.39 is 0 Å². The van der Waals surface area contributed by atoms with Crippen molar-refractivity contribution in [1.29, 1.82) is 0 Å². The van der Waals surface area contributed by atoms with Crippen LogP contribution < -0.4 is 10.6 Å². The monoisotopic (exact) mass is 458 g/mol. The van der Waals surface area contributed by atoms with Gasteiger partial charge in [0.05, 0.1) is 19.8 Å². The number of morpholine rings is 1. The maximum atomic E-state index is 5.47. The molecule has 0 aliphatic carbocycles. The lowest BCUT2D eigenvalue weighted by Gasteiger charge is -2.36. The summed E-state index contributed by atoms with van der Waals surface area (Å²) in [6.07, 6.45) is 3.32. The van der Waals surface area contributed by atoms with Crippen LogP contribution in [0.15, 0.2) is 4.99 Å². The minimum absolute atomic E-state index is 0. The molecule has 1 aliphatic heterocycles. The van der Waals surface area contributed by atoms with Gasteiger partial charge in [-0.15, -0.1) is 24.0 Å². The Morgan fingerprint density at radius 2 is 1.96 bits per heavy atom. The molecule has 2 N–H and O–H groups in total. The number of aliphatic imine (C=N–C) groups is 1. The smallest absolute Gasteiger partial charge is 0.191 e. The Labute approximate surface area is 163 Å². The van der Waals surface area contributed by atoms with Gasteiger partial charge in [-0.2, -0.15) is 11.8 Å². The highest BCUT2D eigenvalue weighted by Gasteiger charge is 2.23. The molecule has 1 heterocycles. The van der Waals surface area contributed by atoms with Gasteiger partial charge < -0.3 is 15.4 Å². The SMILES string of the molecule is CCNC(=NCC(C(C)C)N1CCOCC1)NCCCSC.I. The average Bonchev–Trinajstić information content (AvgIpc) is 2.52. The molecule has 1 fully saturated rings. The fourth-order valence-electron chi connectivity index (χ4n) is 2.61. The van der Waals surface area contributed by atoms with Crippen LogP contribution in [0.1, 0.15) is 27.2 Å². The maximum absolute atomic E-state index is 5.47. The van der Waals surface area contributed by atoms with Crippen LogP contribution in [0.2, 0.25) is 0 Å². The van der Waals surface area contributed by atoms with Crippen LogP contribution in [-0.2, 0) is 4.74 Å². The zero-order chi connectivity index (χ0) is 16.2. The molecule has 1 saturated heterocycles. The fraction of sp³-hybridized carbons (Fsp3) is 0.938. The highest BCUT2D eigenvalue weighted by Crippen LogP contribution is 2.13. The Morgan fingerprint density at radius 3 is 2.52 bits per heavy atom. The zero-order valence-corrected chi connectivity index (χ0v) is 18.3. The molecule has 0 saturated carbocycles. The molecule has 0 amide bonds. The third-order valence-electron chi connectivity index (χ3n) is 3.88. The molecule has 1 aliphatic rings. The first-order valence-electron chi connectivity index (χ1n) is 8.52. The van der Waals surface area contributed by atoms with Crippen LogP contribution in [0.5, 0.6) is 0 Å². The standard InChI is InChI=1S/C16H34N4OS.HI/c1-5-17-16(18-7-6-12-22-4)19-13-15(14(2)3)20-8-10-21-11-9-20;/h14-15H,5-13H2,1-4H3,(H2,17,18,19);1H. The molecule has 0 radical (unpaired) electrons. The number of ether oxygens (including phenoxy) is 1. The Kier molecular flexibility index (Phi) is 14.8. The lowest BCUT2D eigenvalue weighted by atomic mass is 10.0. The predicted molar refractivity (Wildman–Crippen MR) is 113 cm³/mol. The van der Waals surface area contributed by atoms with Gasteiger partial charge in [-0.1, -0.05) is 13.8 Å². The summed E-state index contributed by atoms with van der Waals surface area (Å²) in [5.74, 6) is 2.73. The van der Waals surface area contributed by atoms with Crippen molar-refractivity contribution in [2.75, 3.05) is 57.9 Å². The first kappa shape index (κ1) is 23.3. The van der Waals surface area contributed by atoms with E-state index in [9.17, 15) is 0 Å². The van der Waals surface area contributed by atoms with Crippen molar-refractivity contribution in [1.82, 2.24) is 15.5 Å². The molecule has 1 unspecified atom stereocenters. The third kappa shape index (κ3) is 9.99. The van der Waals surface area contributed by atoms with Crippen LogP contribution in [0.4, 0.5) is 0 Å².